The van der Waals surface area contributed by atoms with Gasteiger partial charge in [-0.15, -0.1) is 24.8 Å². The van der Waals surface area contributed by atoms with Gasteiger partial charge < -0.3 is 29.6 Å². The second-order valence-corrected chi connectivity index (χ2v) is 7.76. The second kappa shape index (κ2) is 12.9. The van der Waals surface area contributed by atoms with Crippen molar-refractivity contribution in [3.63, 3.8) is 0 Å². The Morgan fingerprint density at radius 1 is 0.730 bits per heavy atom. The Hall–Kier alpha value is -3.88. The largest absolute Gasteiger partial charge is 0.493 e. The molecule has 0 unspecified atom stereocenters. The van der Waals surface area contributed by atoms with Crippen LogP contribution in [0, 0.1) is 6.92 Å². The van der Waals surface area contributed by atoms with Gasteiger partial charge in [-0.3, -0.25) is 9.78 Å². The smallest absolute Gasteiger partial charge is 0.255 e. The lowest BCUT2D eigenvalue weighted by atomic mass is 10.1. The third-order valence-corrected chi connectivity index (χ3v) is 5.66. The Labute approximate surface area is 228 Å². The van der Waals surface area contributed by atoms with Gasteiger partial charge >= 0.3 is 0 Å². The molecule has 0 atom stereocenters. The molecule has 0 fully saturated rings. The van der Waals surface area contributed by atoms with E-state index in [0.29, 0.717) is 34.2 Å². The zero-order chi connectivity index (χ0) is 24.9. The number of methoxy groups -OCH3 is 4. The summed E-state index contributed by atoms with van der Waals surface area (Å²) in [5, 5.41) is 7.29. The van der Waals surface area contributed by atoms with Gasteiger partial charge in [0.05, 0.1) is 34.0 Å². The molecular formula is C27H29Cl2N3O5. The van der Waals surface area contributed by atoms with Gasteiger partial charge in [0.1, 0.15) is 0 Å². The molecule has 4 aromatic rings. The van der Waals surface area contributed by atoms with Crippen LogP contribution in [0.15, 0.2) is 60.8 Å². The predicted octanol–water partition coefficient (Wildman–Crippen LogP) is 6.42. The van der Waals surface area contributed by atoms with Crippen LogP contribution >= 0.6 is 24.8 Å². The maximum atomic E-state index is 12.9. The van der Waals surface area contributed by atoms with Gasteiger partial charge in [0, 0.05) is 40.3 Å². The molecule has 196 valence electrons. The topological polar surface area (TPSA) is 90.9 Å². The molecule has 1 heterocycles. The fourth-order valence-corrected chi connectivity index (χ4v) is 3.74. The Morgan fingerprint density at radius 2 is 1.38 bits per heavy atom. The van der Waals surface area contributed by atoms with Crippen molar-refractivity contribution in [3.8, 4) is 23.0 Å². The molecule has 0 aliphatic rings. The van der Waals surface area contributed by atoms with Crippen LogP contribution in [0.2, 0.25) is 0 Å². The molecule has 0 aliphatic carbocycles. The first-order chi connectivity index (χ1) is 17.0. The van der Waals surface area contributed by atoms with Gasteiger partial charge in [-0.2, -0.15) is 0 Å². The van der Waals surface area contributed by atoms with E-state index in [9.17, 15) is 4.79 Å². The summed E-state index contributed by atoms with van der Waals surface area (Å²) in [4.78, 5) is 17.3. The van der Waals surface area contributed by atoms with E-state index in [1.807, 2.05) is 43.3 Å². The number of nitrogens with one attached hydrogen (secondary N) is 2. The zero-order valence-electron chi connectivity index (χ0n) is 21.1. The molecule has 4 rings (SSSR count). The molecule has 2 N–H and O–H groups in total. The minimum Gasteiger partial charge on any atom is -0.493 e. The van der Waals surface area contributed by atoms with Crippen LogP contribution < -0.4 is 29.6 Å². The van der Waals surface area contributed by atoms with Crippen LogP contribution in [0.4, 0.5) is 17.1 Å². The number of benzene rings is 3. The molecular weight excluding hydrogens is 517 g/mol. The van der Waals surface area contributed by atoms with Crippen molar-refractivity contribution in [3.05, 3.63) is 71.9 Å². The zero-order valence-corrected chi connectivity index (χ0v) is 22.7. The van der Waals surface area contributed by atoms with E-state index in [2.05, 4.69) is 15.6 Å². The van der Waals surface area contributed by atoms with Crippen molar-refractivity contribution in [2.75, 3.05) is 39.1 Å². The number of rotatable bonds is 8. The Bertz CT molecular complexity index is 1400. The lowest BCUT2D eigenvalue weighted by Gasteiger charge is -2.15. The van der Waals surface area contributed by atoms with Crippen molar-refractivity contribution < 1.29 is 23.7 Å². The summed E-state index contributed by atoms with van der Waals surface area (Å²) in [7, 11) is 6.28. The van der Waals surface area contributed by atoms with Crippen molar-refractivity contribution in [1.29, 1.82) is 0 Å². The van der Waals surface area contributed by atoms with Crippen LogP contribution in [0.5, 0.6) is 23.0 Å². The molecule has 0 saturated heterocycles. The van der Waals surface area contributed by atoms with Crippen LogP contribution in [-0.4, -0.2) is 39.3 Å². The lowest BCUT2D eigenvalue weighted by Crippen LogP contribution is -2.12. The van der Waals surface area contributed by atoms with Crippen LogP contribution in [0.1, 0.15) is 15.9 Å². The number of carbonyl (C=O) groups excluding carboxylic acids is 1. The highest BCUT2D eigenvalue weighted by molar-refractivity contribution is 6.05. The number of ether oxygens (including phenoxy) is 4. The average Bonchev–Trinajstić information content (AvgIpc) is 2.89. The van der Waals surface area contributed by atoms with Gasteiger partial charge in [0.15, 0.2) is 23.0 Å². The average molecular weight is 546 g/mol. The molecule has 0 bridgehead atoms. The Kier molecular flexibility index (Phi) is 10.2. The van der Waals surface area contributed by atoms with Crippen molar-refractivity contribution >= 4 is 58.7 Å². The van der Waals surface area contributed by atoms with Gasteiger partial charge in [-0.25, -0.2) is 0 Å². The number of hydrogen-bond acceptors (Lipinski definition) is 7. The minimum atomic E-state index is -0.257. The van der Waals surface area contributed by atoms with E-state index in [4.69, 9.17) is 18.9 Å². The van der Waals surface area contributed by atoms with Crippen molar-refractivity contribution in [1.82, 2.24) is 4.98 Å². The monoisotopic (exact) mass is 545 g/mol. The van der Waals surface area contributed by atoms with Gasteiger partial charge in [0.25, 0.3) is 5.91 Å². The number of halogens is 2. The Balaban J connectivity index is 0.00000241. The minimum absolute atomic E-state index is 0. The highest BCUT2D eigenvalue weighted by Gasteiger charge is 2.13. The van der Waals surface area contributed by atoms with Gasteiger partial charge in [0.2, 0.25) is 0 Å². The molecule has 0 saturated carbocycles. The molecule has 1 amide bonds. The SMILES string of the molecule is COc1ccc(C(=O)Nc2ccc(C)c(Nc3ccnc4cc(OC)c(OC)cc34)c2)cc1OC.Cl.Cl. The standard InChI is InChI=1S/C27H27N3O5.2ClH/c1-16-6-8-18(29-27(31)17-7-9-23(32-2)24(12-17)33-3)13-21(16)30-20-10-11-28-22-15-26(35-5)25(34-4)14-19(20)22;;/h6-15H,1-5H3,(H,28,30)(H,29,31);2*1H. The summed E-state index contributed by atoms with van der Waals surface area (Å²) in [6.07, 6.45) is 1.73. The summed E-state index contributed by atoms with van der Waals surface area (Å²) in [6, 6.07) is 16.4. The molecule has 3 aromatic carbocycles. The first-order valence-electron chi connectivity index (χ1n) is 10.9. The third-order valence-electron chi connectivity index (χ3n) is 5.66. The first-order valence-corrected chi connectivity index (χ1v) is 10.9. The summed E-state index contributed by atoms with van der Waals surface area (Å²) in [5.41, 5.74) is 4.58. The van der Waals surface area contributed by atoms with Gasteiger partial charge in [-0.05, 0) is 55.0 Å². The molecule has 0 radical (unpaired) electrons. The highest BCUT2D eigenvalue weighted by Crippen LogP contribution is 2.36. The number of aryl methyl sites for hydroxylation is 1. The number of nitrogens with zero attached hydrogens (tertiary/aromatic N) is 1. The summed E-state index contributed by atoms with van der Waals surface area (Å²) >= 11 is 0. The van der Waals surface area contributed by atoms with Crippen LogP contribution in [0.3, 0.4) is 0 Å². The Morgan fingerprint density at radius 3 is 2.05 bits per heavy atom. The van der Waals surface area contributed by atoms with Crippen LogP contribution in [0.25, 0.3) is 10.9 Å². The quantitative estimate of drug-likeness (QED) is 0.264. The third kappa shape index (κ3) is 6.28. The number of amides is 1. The van der Waals surface area contributed by atoms with Gasteiger partial charge in [-0.1, -0.05) is 6.07 Å². The number of anilines is 3. The van der Waals surface area contributed by atoms with E-state index < -0.39 is 0 Å². The van der Waals surface area contributed by atoms with E-state index >= 15 is 0 Å². The van der Waals surface area contributed by atoms with E-state index in [1.165, 1.54) is 7.11 Å². The molecule has 37 heavy (non-hydrogen) atoms. The summed E-state index contributed by atoms with van der Waals surface area (Å²) in [5.74, 6) is 2.02. The fourth-order valence-electron chi connectivity index (χ4n) is 3.74. The van der Waals surface area contributed by atoms with E-state index in [0.717, 1.165) is 27.8 Å². The summed E-state index contributed by atoms with van der Waals surface area (Å²) in [6.45, 7) is 2.00. The van der Waals surface area contributed by atoms with Crippen molar-refractivity contribution in [2.45, 2.75) is 6.92 Å². The first kappa shape index (κ1) is 29.4. The maximum absolute atomic E-state index is 12.9. The summed E-state index contributed by atoms with van der Waals surface area (Å²) < 4.78 is 21.4. The normalized spacial score (nSPS) is 9.97. The van der Waals surface area contributed by atoms with E-state index in [-0.39, 0.29) is 30.7 Å². The maximum Gasteiger partial charge on any atom is 0.255 e. The number of fused-ring (bicyclic) bond motifs is 1. The molecule has 0 aliphatic heterocycles. The van der Waals surface area contributed by atoms with Crippen molar-refractivity contribution in [2.24, 2.45) is 0 Å². The molecule has 10 heteroatoms. The number of carbonyl (C=O) groups is 1. The van der Waals surface area contributed by atoms with E-state index in [1.54, 1.807) is 45.7 Å². The lowest BCUT2D eigenvalue weighted by molar-refractivity contribution is 0.102. The molecule has 0 spiro atoms. The fraction of sp³-hybridized carbons (Fsp3) is 0.185. The second-order valence-electron chi connectivity index (χ2n) is 7.76. The highest BCUT2D eigenvalue weighted by atomic mass is 35.5. The molecule has 1 aromatic heterocycles. The molecule has 8 nitrogen and oxygen atoms in total. The predicted molar refractivity (Wildman–Crippen MR) is 151 cm³/mol. The number of aromatic nitrogens is 1. The van der Waals surface area contributed by atoms with Crippen LogP contribution in [-0.2, 0) is 0 Å². The number of pyridine rings is 1. The number of hydrogen-bond donors (Lipinski definition) is 2.